The molecule has 1 saturated heterocycles. The van der Waals surface area contributed by atoms with Crippen molar-refractivity contribution in [3.63, 3.8) is 0 Å². The fourth-order valence-electron chi connectivity index (χ4n) is 3.45. The van der Waals surface area contributed by atoms with E-state index in [9.17, 15) is 9.90 Å². The first-order valence-corrected chi connectivity index (χ1v) is 9.97. The third-order valence-electron chi connectivity index (χ3n) is 5.02. The summed E-state index contributed by atoms with van der Waals surface area (Å²) in [6.07, 6.45) is 0.402. The van der Waals surface area contributed by atoms with Crippen molar-refractivity contribution in [3.8, 4) is 6.07 Å². The number of benzene rings is 2. The first-order valence-electron chi connectivity index (χ1n) is 9.59. The summed E-state index contributed by atoms with van der Waals surface area (Å²) in [6.45, 7) is 1.38. The number of aliphatic hydroxyl groups is 1. The number of nitrogens with zero attached hydrogens (tertiary/aromatic N) is 3. The van der Waals surface area contributed by atoms with Gasteiger partial charge in [-0.1, -0.05) is 11.6 Å². The van der Waals surface area contributed by atoms with Gasteiger partial charge < -0.3 is 20.6 Å². The molecule has 0 spiro atoms. The second-order valence-electron chi connectivity index (χ2n) is 7.14. The van der Waals surface area contributed by atoms with Gasteiger partial charge in [0, 0.05) is 24.2 Å². The molecule has 8 heteroatoms. The maximum atomic E-state index is 12.5. The van der Waals surface area contributed by atoms with E-state index in [1.165, 1.54) is 0 Å². The summed E-state index contributed by atoms with van der Waals surface area (Å²) in [5.74, 6) is 0.543. The quantitative estimate of drug-likeness (QED) is 0.583. The lowest BCUT2D eigenvalue weighted by Gasteiger charge is -2.18. The van der Waals surface area contributed by atoms with Gasteiger partial charge in [-0.2, -0.15) is 5.26 Å². The Labute approximate surface area is 178 Å². The molecule has 1 aromatic heterocycles. The highest BCUT2D eigenvalue weighted by Crippen LogP contribution is 2.32. The number of carbonyl (C=O) groups excluding carboxylic acids is 1. The molecule has 1 amide bonds. The van der Waals surface area contributed by atoms with Crippen LogP contribution < -0.4 is 15.5 Å². The van der Waals surface area contributed by atoms with Crippen LogP contribution in [0.1, 0.15) is 12.0 Å². The minimum atomic E-state index is -0.328. The summed E-state index contributed by atoms with van der Waals surface area (Å²) in [5.41, 5.74) is 2.53. The molecule has 30 heavy (non-hydrogen) atoms. The lowest BCUT2D eigenvalue weighted by molar-refractivity contribution is -0.114. The molecule has 0 unspecified atom stereocenters. The molecule has 0 aliphatic carbocycles. The zero-order valence-corrected chi connectivity index (χ0v) is 16.9. The lowest BCUT2D eigenvalue weighted by atomic mass is 10.1. The SMILES string of the molecule is N#Cc1ccc(NCC(=O)Nc2c(Cl)ccc3nc(N4CC[C@@H](O)C4)ccc23)cc1. The van der Waals surface area contributed by atoms with Gasteiger partial charge >= 0.3 is 0 Å². The van der Waals surface area contributed by atoms with Gasteiger partial charge in [0.15, 0.2) is 0 Å². The van der Waals surface area contributed by atoms with Gasteiger partial charge in [-0.15, -0.1) is 0 Å². The number of rotatable bonds is 5. The van der Waals surface area contributed by atoms with Crippen molar-refractivity contribution < 1.29 is 9.90 Å². The first kappa shape index (κ1) is 20.0. The summed E-state index contributed by atoms with van der Waals surface area (Å²) >= 11 is 6.35. The Kier molecular flexibility index (Phi) is 5.70. The van der Waals surface area contributed by atoms with Gasteiger partial charge in [-0.3, -0.25) is 4.79 Å². The van der Waals surface area contributed by atoms with E-state index >= 15 is 0 Å². The van der Waals surface area contributed by atoms with Crippen LogP contribution in [0.5, 0.6) is 0 Å². The Morgan fingerprint density at radius 1 is 1.23 bits per heavy atom. The maximum Gasteiger partial charge on any atom is 0.243 e. The van der Waals surface area contributed by atoms with Gasteiger partial charge in [-0.25, -0.2) is 4.98 Å². The molecule has 1 fully saturated rings. The molecule has 1 aliphatic heterocycles. The largest absolute Gasteiger partial charge is 0.391 e. The molecule has 0 bridgehead atoms. The summed E-state index contributed by atoms with van der Waals surface area (Å²) < 4.78 is 0. The zero-order valence-electron chi connectivity index (χ0n) is 16.1. The van der Waals surface area contributed by atoms with E-state index in [1.807, 2.05) is 23.1 Å². The van der Waals surface area contributed by atoms with Gasteiger partial charge in [0.05, 0.1) is 40.5 Å². The standard InChI is InChI=1S/C22H20ClN5O2/c23-18-6-7-19-17(5-8-20(26-19)28-10-9-16(29)13-28)22(18)27-21(30)12-25-15-3-1-14(11-24)2-4-15/h1-8,16,25,29H,9-10,12-13H2,(H,27,30)/t16-/m1/s1. The fraction of sp³-hybridized carbons (Fsp3) is 0.227. The van der Waals surface area contributed by atoms with Crippen LogP contribution in [-0.4, -0.2) is 41.7 Å². The fourth-order valence-corrected chi connectivity index (χ4v) is 3.66. The Morgan fingerprint density at radius 3 is 2.73 bits per heavy atom. The third kappa shape index (κ3) is 4.30. The predicted octanol–water partition coefficient (Wildman–Crippen LogP) is 3.38. The molecule has 1 aliphatic rings. The van der Waals surface area contributed by atoms with E-state index < -0.39 is 0 Å². The minimum absolute atomic E-state index is 0.0514. The number of aliphatic hydroxyl groups excluding tert-OH is 1. The van der Waals surface area contributed by atoms with Crippen molar-refractivity contribution in [1.82, 2.24) is 4.98 Å². The second kappa shape index (κ2) is 8.57. The molecular formula is C22H20ClN5O2. The highest BCUT2D eigenvalue weighted by atomic mass is 35.5. The van der Waals surface area contributed by atoms with Crippen molar-refractivity contribution in [3.05, 3.63) is 59.1 Å². The molecule has 1 atom stereocenters. The Balaban J connectivity index is 1.49. The molecule has 4 rings (SSSR count). The number of amides is 1. The van der Waals surface area contributed by atoms with Crippen LogP contribution in [0.2, 0.25) is 5.02 Å². The molecule has 3 aromatic rings. The van der Waals surface area contributed by atoms with Gasteiger partial charge in [-0.05, 0) is 55.0 Å². The van der Waals surface area contributed by atoms with E-state index in [1.54, 1.807) is 30.3 Å². The Morgan fingerprint density at radius 2 is 2.03 bits per heavy atom. The molecule has 7 nitrogen and oxygen atoms in total. The first-order chi connectivity index (χ1) is 14.5. The predicted molar refractivity (Wildman–Crippen MR) is 118 cm³/mol. The number of β-amino-alcohol motifs (C(OH)–C–C–N with tert-alkyl or cyclic N) is 1. The summed E-state index contributed by atoms with van der Waals surface area (Å²) in [6, 6.07) is 16.2. The minimum Gasteiger partial charge on any atom is -0.391 e. The van der Waals surface area contributed by atoms with Crippen LogP contribution in [0.25, 0.3) is 10.9 Å². The number of halogens is 1. The van der Waals surface area contributed by atoms with E-state index in [2.05, 4.69) is 21.7 Å². The van der Waals surface area contributed by atoms with Crippen LogP contribution in [0, 0.1) is 11.3 Å². The third-order valence-corrected chi connectivity index (χ3v) is 5.34. The average molecular weight is 422 g/mol. The van der Waals surface area contributed by atoms with Gasteiger partial charge in [0.1, 0.15) is 5.82 Å². The molecule has 0 saturated carbocycles. The lowest BCUT2D eigenvalue weighted by Crippen LogP contribution is -2.23. The molecule has 3 N–H and O–H groups in total. The van der Waals surface area contributed by atoms with Crippen LogP contribution in [0.4, 0.5) is 17.2 Å². The number of fused-ring (bicyclic) bond motifs is 1. The van der Waals surface area contributed by atoms with Crippen molar-refractivity contribution in [2.45, 2.75) is 12.5 Å². The van der Waals surface area contributed by atoms with Crippen LogP contribution in [-0.2, 0) is 4.79 Å². The highest BCUT2D eigenvalue weighted by Gasteiger charge is 2.22. The smallest absolute Gasteiger partial charge is 0.243 e. The zero-order chi connectivity index (χ0) is 21.1. The average Bonchev–Trinajstić information content (AvgIpc) is 3.20. The Hall–Kier alpha value is -3.34. The van der Waals surface area contributed by atoms with Gasteiger partial charge in [0.25, 0.3) is 0 Å². The van der Waals surface area contributed by atoms with Crippen molar-refractivity contribution in [2.24, 2.45) is 0 Å². The van der Waals surface area contributed by atoms with E-state index in [4.69, 9.17) is 16.9 Å². The molecular weight excluding hydrogens is 402 g/mol. The molecule has 2 heterocycles. The van der Waals surface area contributed by atoms with Crippen LogP contribution in [0.15, 0.2) is 48.5 Å². The van der Waals surface area contributed by atoms with Crippen molar-refractivity contribution in [1.29, 1.82) is 5.26 Å². The van der Waals surface area contributed by atoms with E-state index in [-0.39, 0.29) is 18.6 Å². The number of carbonyl (C=O) groups is 1. The number of nitriles is 1. The number of pyridine rings is 1. The maximum absolute atomic E-state index is 12.5. The second-order valence-corrected chi connectivity index (χ2v) is 7.55. The highest BCUT2D eigenvalue weighted by molar-refractivity contribution is 6.35. The van der Waals surface area contributed by atoms with Gasteiger partial charge in [0.2, 0.25) is 5.91 Å². The van der Waals surface area contributed by atoms with Crippen molar-refractivity contribution >= 4 is 45.6 Å². The normalized spacial score (nSPS) is 15.8. The molecule has 2 aromatic carbocycles. The van der Waals surface area contributed by atoms with Crippen LogP contribution in [0.3, 0.4) is 0 Å². The van der Waals surface area contributed by atoms with E-state index in [0.29, 0.717) is 28.3 Å². The summed E-state index contributed by atoms with van der Waals surface area (Å²) in [4.78, 5) is 19.2. The number of hydrogen-bond donors (Lipinski definition) is 3. The van der Waals surface area contributed by atoms with Crippen LogP contribution >= 0.6 is 11.6 Å². The number of hydrogen-bond acceptors (Lipinski definition) is 6. The Bertz CT molecular complexity index is 1130. The molecule has 0 radical (unpaired) electrons. The van der Waals surface area contributed by atoms with Crippen molar-refractivity contribution in [2.75, 3.05) is 35.2 Å². The van der Waals surface area contributed by atoms with E-state index in [0.717, 1.165) is 29.9 Å². The topological polar surface area (TPSA) is 101 Å². The number of aromatic nitrogens is 1. The summed E-state index contributed by atoms with van der Waals surface area (Å²) in [7, 11) is 0. The summed E-state index contributed by atoms with van der Waals surface area (Å²) in [5, 5.41) is 25.7. The monoisotopic (exact) mass is 421 g/mol. The number of anilines is 3. The number of nitrogens with one attached hydrogen (secondary N) is 2. The molecule has 152 valence electrons.